The standard InChI is InChI=1S/C14H21NO/c1-3-10-15(4-2)12-14(16)11-13-8-6-5-7-9-13/h5-9H,3-4,10-12H2,1-2H3. The Balaban J connectivity index is 2.41. The van der Waals surface area contributed by atoms with E-state index in [1.54, 1.807) is 0 Å². The minimum atomic E-state index is 0.307. The van der Waals surface area contributed by atoms with Gasteiger partial charge in [0.15, 0.2) is 5.78 Å². The van der Waals surface area contributed by atoms with Crippen LogP contribution in [0.15, 0.2) is 30.3 Å². The molecule has 2 nitrogen and oxygen atoms in total. The summed E-state index contributed by atoms with van der Waals surface area (Å²) in [5, 5.41) is 0. The second kappa shape index (κ2) is 7.18. The fraction of sp³-hybridized carbons (Fsp3) is 0.500. The lowest BCUT2D eigenvalue weighted by Gasteiger charge is -2.18. The highest BCUT2D eigenvalue weighted by molar-refractivity contribution is 5.82. The molecule has 2 heteroatoms. The Morgan fingerprint density at radius 3 is 2.44 bits per heavy atom. The van der Waals surface area contributed by atoms with Crippen LogP contribution in [0.2, 0.25) is 0 Å². The average Bonchev–Trinajstić information content (AvgIpc) is 2.29. The molecule has 0 unspecified atom stereocenters. The molecule has 1 aromatic rings. The van der Waals surface area contributed by atoms with E-state index in [2.05, 4.69) is 18.7 Å². The summed E-state index contributed by atoms with van der Waals surface area (Å²) in [6.07, 6.45) is 1.66. The highest BCUT2D eigenvalue weighted by Gasteiger charge is 2.08. The van der Waals surface area contributed by atoms with Crippen LogP contribution in [0.4, 0.5) is 0 Å². The van der Waals surface area contributed by atoms with E-state index in [1.807, 2.05) is 30.3 Å². The largest absolute Gasteiger partial charge is 0.298 e. The number of ketones is 1. The van der Waals surface area contributed by atoms with Crippen LogP contribution in [0.25, 0.3) is 0 Å². The molecule has 0 saturated heterocycles. The topological polar surface area (TPSA) is 20.3 Å². The molecule has 0 heterocycles. The first-order valence-electron chi connectivity index (χ1n) is 6.04. The van der Waals surface area contributed by atoms with Gasteiger partial charge < -0.3 is 0 Å². The molecule has 0 bridgehead atoms. The van der Waals surface area contributed by atoms with Crippen molar-refractivity contribution in [2.24, 2.45) is 0 Å². The van der Waals surface area contributed by atoms with Crippen LogP contribution in [0.1, 0.15) is 25.8 Å². The van der Waals surface area contributed by atoms with E-state index in [4.69, 9.17) is 0 Å². The zero-order chi connectivity index (χ0) is 11.8. The second-order valence-electron chi connectivity index (χ2n) is 4.07. The summed E-state index contributed by atoms with van der Waals surface area (Å²) in [5.41, 5.74) is 1.11. The number of carbonyl (C=O) groups excluding carboxylic acids is 1. The molecule has 0 aromatic heterocycles. The lowest BCUT2D eigenvalue weighted by molar-refractivity contribution is -0.119. The molecule has 0 spiro atoms. The molecule has 1 aromatic carbocycles. The maximum Gasteiger partial charge on any atom is 0.151 e. The van der Waals surface area contributed by atoms with Gasteiger partial charge in [0.05, 0.1) is 6.54 Å². The predicted octanol–water partition coefficient (Wildman–Crippen LogP) is 2.53. The van der Waals surface area contributed by atoms with Gasteiger partial charge >= 0.3 is 0 Å². The van der Waals surface area contributed by atoms with E-state index in [0.717, 1.165) is 25.1 Å². The SMILES string of the molecule is CCCN(CC)CC(=O)Cc1ccccc1. The number of likely N-dealkylation sites (N-methyl/N-ethyl adjacent to an activating group) is 1. The molecule has 0 aliphatic carbocycles. The number of carbonyl (C=O) groups is 1. The summed E-state index contributed by atoms with van der Waals surface area (Å²) >= 11 is 0. The minimum Gasteiger partial charge on any atom is -0.298 e. The highest BCUT2D eigenvalue weighted by Crippen LogP contribution is 2.01. The molecule has 0 amide bonds. The van der Waals surface area contributed by atoms with E-state index in [1.165, 1.54) is 0 Å². The Bertz CT molecular complexity index is 308. The molecule has 0 aliphatic rings. The van der Waals surface area contributed by atoms with Gasteiger partial charge in [-0.15, -0.1) is 0 Å². The number of hydrogen-bond donors (Lipinski definition) is 0. The van der Waals surface area contributed by atoms with Crippen molar-refractivity contribution in [1.82, 2.24) is 4.90 Å². The maximum absolute atomic E-state index is 11.8. The van der Waals surface area contributed by atoms with Crippen molar-refractivity contribution in [2.75, 3.05) is 19.6 Å². The summed E-state index contributed by atoms with van der Waals surface area (Å²) in [5.74, 6) is 0.307. The van der Waals surface area contributed by atoms with Gasteiger partial charge in [-0.05, 0) is 25.1 Å². The number of rotatable bonds is 7. The Hall–Kier alpha value is -1.15. The molecule has 16 heavy (non-hydrogen) atoms. The third-order valence-electron chi connectivity index (χ3n) is 2.63. The van der Waals surface area contributed by atoms with Crippen LogP contribution in [-0.4, -0.2) is 30.3 Å². The van der Waals surface area contributed by atoms with Gasteiger partial charge in [0.1, 0.15) is 0 Å². The number of benzene rings is 1. The summed E-state index contributed by atoms with van der Waals surface area (Å²) < 4.78 is 0. The molecule has 0 N–H and O–H groups in total. The molecule has 0 saturated carbocycles. The molecule has 0 radical (unpaired) electrons. The predicted molar refractivity (Wildman–Crippen MR) is 67.6 cm³/mol. The Morgan fingerprint density at radius 2 is 1.88 bits per heavy atom. The van der Waals surface area contributed by atoms with Gasteiger partial charge in [0, 0.05) is 6.42 Å². The second-order valence-corrected chi connectivity index (χ2v) is 4.07. The molecule has 1 rings (SSSR count). The van der Waals surface area contributed by atoms with E-state index < -0.39 is 0 Å². The van der Waals surface area contributed by atoms with Crippen LogP contribution < -0.4 is 0 Å². The first-order chi connectivity index (χ1) is 7.76. The molecular formula is C14H21NO. The summed E-state index contributed by atoms with van der Waals surface area (Å²) in [6, 6.07) is 9.95. The van der Waals surface area contributed by atoms with Crippen molar-refractivity contribution in [1.29, 1.82) is 0 Å². The molecular weight excluding hydrogens is 198 g/mol. The Kier molecular flexibility index (Phi) is 5.79. The van der Waals surface area contributed by atoms with Crippen molar-refractivity contribution >= 4 is 5.78 Å². The normalized spacial score (nSPS) is 10.7. The van der Waals surface area contributed by atoms with Crippen LogP contribution in [0.3, 0.4) is 0 Å². The van der Waals surface area contributed by atoms with Gasteiger partial charge in [0.2, 0.25) is 0 Å². The fourth-order valence-corrected chi connectivity index (χ4v) is 1.79. The van der Waals surface area contributed by atoms with E-state index >= 15 is 0 Å². The summed E-state index contributed by atoms with van der Waals surface area (Å²) in [7, 11) is 0. The average molecular weight is 219 g/mol. The van der Waals surface area contributed by atoms with Gasteiger partial charge in [0.25, 0.3) is 0 Å². The summed E-state index contributed by atoms with van der Waals surface area (Å²) in [6.45, 7) is 6.79. The zero-order valence-corrected chi connectivity index (χ0v) is 10.3. The van der Waals surface area contributed by atoms with Crippen molar-refractivity contribution in [2.45, 2.75) is 26.7 Å². The smallest absolute Gasteiger partial charge is 0.151 e. The third kappa shape index (κ3) is 4.58. The first kappa shape index (κ1) is 12.9. The maximum atomic E-state index is 11.8. The number of nitrogens with zero attached hydrogens (tertiary/aromatic N) is 1. The zero-order valence-electron chi connectivity index (χ0n) is 10.3. The van der Waals surface area contributed by atoms with Gasteiger partial charge in [-0.1, -0.05) is 44.2 Å². The Morgan fingerprint density at radius 1 is 1.19 bits per heavy atom. The van der Waals surface area contributed by atoms with Gasteiger partial charge in [-0.25, -0.2) is 0 Å². The van der Waals surface area contributed by atoms with Crippen molar-refractivity contribution in [3.05, 3.63) is 35.9 Å². The quantitative estimate of drug-likeness (QED) is 0.702. The van der Waals surface area contributed by atoms with E-state index in [-0.39, 0.29) is 0 Å². The van der Waals surface area contributed by atoms with Crippen molar-refractivity contribution in [3.8, 4) is 0 Å². The van der Waals surface area contributed by atoms with Crippen molar-refractivity contribution < 1.29 is 4.79 Å². The Labute approximate surface area is 98.3 Å². The van der Waals surface area contributed by atoms with Crippen molar-refractivity contribution in [3.63, 3.8) is 0 Å². The van der Waals surface area contributed by atoms with Gasteiger partial charge in [-0.2, -0.15) is 0 Å². The number of Topliss-reactive ketones (excluding diaryl/α,β-unsaturated/α-hetero) is 1. The van der Waals surface area contributed by atoms with Crippen LogP contribution in [0.5, 0.6) is 0 Å². The molecule has 0 fully saturated rings. The van der Waals surface area contributed by atoms with Crippen LogP contribution >= 0.6 is 0 Å². The first-order valence-corrected chi connectivity index (χ1v) is 6.04. The molecule has 0 aliphatic heterocycles. The van der Waals surface area contributed by atoms with E-state index in [9.17, 15) is 4.79 Å². The van der Waals surface area contributed by atoms with Crippen LogP contribution in [-0.2, 0) is 11.2 Å². The minimum absolute atomic E-state index is 0.307. The monoisotopic (exact) mass is 219 g/mol. The number of hydrogen-bond acceptors (Lipinski definition) is 2. The third-order valence-corrected chi connectivity index (χ3v) is 2.63. The fourth-order valence-electron chi connectivity index (χ4n) is 1.79. The highest BCUT2D eigenvalue weighted by atomic mass is 16.1. The molecule has 88 valence electrons. The summed E-state index contributed by atoms with van der Waals surface area (Å²) in [4.78, 5) is 14.0. The molecule has 0 atom stereocenters. The lowest BCUT2D eigenvalue weighted by Crippen LogP contribution is -2.31. The van der Waals surface area contributed by atoms with Crippen LogP contribution in [0, 0.1) is 0 Å². The lowest BCUT2D eigenvalue weighted by atomic mass is 10.1. The van der Waals surface area contributed by atoms with Gasteiger partial charge in [-0.3, -0.25) is 9.69 Å². The van der Waals surface area contributed by atoms with E-state index in [0.29, 0.717) is 18.7 Å².